The summed E-state index contributed by atoms with van der Waals surface area (Å²) in [7, 11) is 1.35. The van der Waals surface area contributed by atoms with Crippen LogP contribution in [0.3, 0.4) is 0 Å². The molecule has 0 spiro atoms. The molecule has 2 atom stereocenters. The highest BCUT2D eigenvalue weighted by molar-refractivity contribution is 5.85. The summed E-state index contributed by atoms with van der Waals surface area (Å²) >= 11 is 0. The fraction of sp³-hybridized carbons (Fsp3) is 0.857. The molecule has 1 rings (SSSR count). The standard InChI is InChI=1S/C14H25NO4/c1-3-4-5-6-7-12(14(17)18-2)15-13(16)11-8-9-19-10-11/h11-12H,3-10H2,1-2H3,(H,15,16)/t11-,12+/m1/s1. The summed E-state index contributed by atoms with van der Waals surface area (Å²) in [6, 6.07) is -0.519. The van der Waals surface area contributed by atoms with Gasteiger partial charge in [-0.3, -0.25) is 4.79 Å². The van der Waals surface area contributed by atoms with E-state index in [9.17, 15) is 9.59 Å². The molecule has 0 aromatic rings. The Morgan fingerprint density at radius 1 is 1.37 bits per heavy atom. The Bertz CT molecular complexity index is 287. The van der Waals surface area contributed by atoms with E-state index in [2.05, 4.69) is 12.2 Å². The van der Waals surface area contributed by atoms with E-state index in [1.165, 1.54) is 7.11 Å². The molecule has 1 aliphatic heterocycles. The highest BCUT2D eigenvalue weighted by Crippen LogP contribution is 2.14. The molecule has 0 saturated carbocycles. The van der Waals surface area contributed by atoms with E-state index < -0.39 is 6.04 Å². The van der Waals surface area contributed by atoms with E-state index in [0.717, 1.165) is 32.1 Å². The summed E-state index contributed by atoms with van der Waals surface area (Å²) < 4.78 is 9.93. The van der Waals surface area contributed by atoms with Crippen molar-refractivity contribution in [1.29, 1.82) is 0 Å². The molecule has 1 fully saturated rings. The van der Waals surface area contributed by atoms with E-state index in [0.29, 0.717) is 19.6 Å². The van der Waals surface area contributed by atoms with Crippen molar-refractivity contribution in [1.82, 2.24) is 5.32 Å². The van der Waals surface area contributed by atoms with Gasteiger partial charge in [-0.05, 0) is 12.8 Å². The van der Waals surface area contributed by atoms with Crippen molar-refractivity contribution >= 4 is 11.9 Å². The number of ether oxygens (including phenoxy) is 2. The van der Waals surface area contributed by atoms with Gasteiger partial charge < -0.3 is 14.8 Å². The van der Waals surface area contributed by atoms with Crippen LogP contribution in [0.5, 0.6) is 0 Å². The highest BCUT2D eigenvalue weighted by atomic mass is 16.5. The quantitative estimate of drug-likeness (QED) is 0.538. The van der Waals surface area contributed by atoms with Gasteiger partial charge in [0.1, 0.15) is 6.04 Å². The first-order chi connectivity index (χ1) is 9.19. The third kappa shape index (κ3) is 5.59. The molecule has 1 amide bonds. The molecule has 0 aromatic carbocycles. The summed E-state index contributed by atoms with van der Waals surface area (Å²) in [5.74, 6) is -0.574. The van der Waals surface area contributed by atoms with E-state index in [-0.39, 0.29) is 17.8 Å². The van der Waals surface area contributed by atoms with Crippen LogP contribution in [0.1, 0.15) is 45.4 Å². The fourth-order valence-corrected chi connectivity index (χ4v) is 2.20. The summed E-state index contributed by atoms with van der Waals surface area (Å²) in [6.07, 6.45) is 5.68. The Hall–Kier alpha value is -1.10. The van der Waals surface area contributed by atoms with Crippen LogP contribution >= 0.6 is 0 Å². The van der Waals surface area contributed by atoms with Crippen molar-refractivity contribution in [2.24, 2.45) is 5.92 Å². The lowest BCUT2D eigenvalue weighted by atomic mass is 10.0. The first-order valence-electron chi connectivity index (χ1n) is 7.15. The van der Waals surface area contributed by atoms with Crippen molar-refractivity contribution in [3.05, 3.63) is 0 Å². The number of rotatable bonds is 8. The molecule has 110 valence electrons. The molecular formula is C14H25NO4. The predicted molar refractivity (Wildman–Crippen MR) is 71.6 cm³/mol. The molecule has 0 aliphatic carbocycles. The second-order valence-electron chi connectivity index (χ2n) is 4.99. The van der Waals surface area contributed by atoms with Gasteiger partial charge in [0.15, 0.2) is 0 Å². The van der Waals surface area contributed by atoms with Gasteiger partial charge >= 0.3 is 5.97 Å². The molecule has 1 heterocycles. The lowest BCUT2D eigenvalue weighted by molar-refractivity contribution is -0.145. The SMILES string of the molecule is CCCCCC[C@H](NC(=O)[C@@H]1CCOC1)C(=O)OC. The van der Waals surface area contributed by atoms with Crippen LogP contribution in [0.4, 0.5) is 0 Å². The van der Waals surface area contributed by atoms with Crippen LogP contribution in [0, 0.1) is 5.92 Å². The Balaban J connectivity index is 2.39. The molecule has 5 nitrogen and oxygen atoms in total. The van der Waals surface area contributed by atoms with Crippen molar-refractivity contribution in [3.63, 3.8) is 0 Å². The second-order valence-corrected chi connectivity index (χ2v) is 4.99. The van der Waals surface area contributed by atoms with E-state index in [1.807, 2.05) is 0 Å². The zero-order valence-electron chi connectivity index (χ0n) is 11.9. The van der Waals surface area contributed by atoms with Crippen molar-refractivity contribution in [3.8, 4) is 0 Å². The highest BCUT2D eigenvalue weighted by Gasteiger charge is 2.28. The number of esters is 1. The number of amides is 1. The Kier molecular flexibility index (Phi) is 7.48. The molecule has 19 heavy (non-hydrogen) atoms. The van der Waals surface area contributed by atoms with Gasteiger partial charge in [-0.1, -0.05) is 32.6 Å². The zero-order chi connectivity index (χ0) is 14.1. The van der Waals surface area contributed by atoms with Crippen molar-refractivity contribution < 1.29 is 19.1 Å². The maximum atomic E-state index is 12.0. The Morgan fingerprint density at radius 3 is 2.74 bits per heavy atom. The first kappa shape index (κ1) is 16.0. The molecule has 1 N–H and O–H groups in total. The number of unbranched alkanes of at least 4 members (excludes halogenated alkanes) is 3. The molecule has 0 radical (unpaired) electrons. The van der Waals surface area contributed by atoms with Crippen molar-refractivity contribution in [2.45, 2.75) is 51.5 Å². The normalized spacial score (nSPS) is 20.0. The number of hydrogen-bond acceptors (Lipinski definition) is 4. The van der Waals surface area contributed by atoms with Gasteiger partial charge in [0.05, 0.1) is 19.6 Å². The topological polar surface area (TPSA) is 64.6 Å². The van der Waals surface area contributed by atoms with Gasteiger partial charge in [-0.25, -0.2) is 4.79 Å². The third-order valence-corrected chi connectivity index (χ3v) is 3.45. The van der Waals surface area contributed by atoms with Crippen molar-refractivity contribution in [2.75, 3.05) is 20.3 Å². The summed E-state index contributed by atoms with van der Waals surface area (Å²) in [5.41, 5.74) is 0. The lowest BCUT2D eigenvalue weighted by Crippen LogP contribution is -2.44. The molecule has 1 saturated heterocycles. The molecule has 0 unspecified atom stereocenters. The summed E-state index contributed by atoms with van der Waals surface area (Å²) in [5, 5.41) is 2.79. The molecule has 0 aromatic heterocycles. The lowest BCUT2D eigenvalue weighted by Gasteiger charge is -2.18. The van der Waals surface area contributed by atoms with Gasteiger partial charge in [0.25, 0.3) is 0 Å². The third-order valence-electron chi connectivity index (χ3n) is 3.45. The van der Waals surface area contributed by atoms with Gasteiger partial charge in [0, 0.05) is 6.61 Å². The fourth-order valence-electron chi connectivity index (χ4n) is 2.20. The second kappa shape index (κ2) is 8.91. The van der Waals surface area contributed by atoms with E-state index >= 15 is 0 Å². The monoisotopic (exact) mass is 271 g/mol. The average Bonchev–Trinajstić information content (AvgIpc) is 2.95. The first-order valence-corrected chi connectivity index (χ1v) is 7.15. The van der Waals surface area contributed by atoms with E-state index in [1.54, 1.807) is 0 Å². The predicted octanol–water partition coefficient (Wildman–Crippen LogP) is 1.65. The largest absolute Gasteiger partial charge is 0.467 e. The summed E-state index contributed by atoms with van der Waals surface area (Å²) in [4.78, 5) is 23.6. The van der Waals surface area contributed by atoms with Crippen LogP contribution in [-0.2, 0) is 19.1 Å². The van der Waals surface area contributed by atoms with E-state index in [4.69, 9.17) is 9.47 Å². The number of carbonyl (C=O) groups is 2. The molecule has 1 aliphatic rings. The Labute approximate surface area is 115 Å². The minimum Gasteiger partial charge on any atom is -0.467 e. The maximum absolute atomic E-state index is 12.0. The number of methoxy groups -OCH3 is 1. The number of hydrogen-bond donors (Lipinski definition) is 1. The van der Waals surface area contributed by atoms with Crippen LogP contribution in [0.15, 0.2) is 0 Å². The molecule has 0 bridgehead atoms. The smallest absolute Gasteiger partial charge is 0.328 e. The van der Waals surface area contributed by atoms with Gasteiger partial charge in [-0.2, -0.15) is 0 Å². The van der Waals surface area contributed by atoms with Crippen LogP contribution < -0.4 is 5.32 Å². The van der Waals surface area contributed by atoms with Crippen LogP contribution in [0.2, 0.25) is 0 Å². The molecular weight excluding hydrogens is 246 g/mol. The number of nitrogens with one attached hydrogen (secondary N) is 1. The minimum absolute atomic E-state index is 0.0941. The van der Waals surface area contributed by atoms with Gasteiger partial charge in [0.2, 0.25) is 5.91 Å². The zero-order valence-corrected chi connectivity index (χ0v) is 11.9. The Morgan fingerprint density at radius 2 is 2.16 bits per heavy atom. The van der Waals surface area contributed by atoms with Crippen LogP contribution in [-0.4, -0.2) is 38.2 Å². The summed E-state index contributed by atoms with van der Waals surface area (Å²) in [6.45, 7) is 3.21. The van der Waals surface area contributed by atoms with Crippen LogP contribution in [0.25, 0.3) is 0 Å². The minimum atomic E-state index is -0.519. The number of carbonyl (C=O) groups excluding carboxylic acids is 2. The molecule has 5 heteroatoms. The average molecular weight is 271 g/mol. The van der Waals surface area contributed by atoms with Gasteiger partial charge in [-0.15, -0.1) is 0 Å². The maximum Gasteiger partial charge on any atom is 0.328 e.